The monoisotopic (exact) mass is 174 g/mol. The second kappa shape index (κ2) is 3.73. The van der Waals surface area contributed by atoms with Crippen LogP contribution in [0.2, 0.25) is 0 Å². The van der Waals surface area contributed by atoms with Gasteiger partial charge in [-0.2, -0.15) is 0 Å². The van der Waals surface area contributed by atoms with Gasteiger partial charge in [-0.15, -0.1) is 0 Å². The molecule has 4 unspecified atom stereocenters. The molecule has 0 radical (unpaired) electrons. The molecule has 0 aromatic carbocycles. The normalized spacial score (nSPS) is 49.2. The maximum absolute atomic E-state index is 9.68. The van der Waals surface area contributed by atoms with Crippen molar-refractivity contribution in [2.45, 2.75) is 45.7 Å². The van der Waals surface area contributed by atoms with E-state index in [0.717, 1.165) is 6.42 Å². The van der Waals surface area contributed by atoms with Crippen LogP contribution in [0.3, 0.4) is 0 Å². The molecule has 1 rings (SSSR count). The fraction of sp³-hybridized carbons (Fsp3) is 1.00. The lowest BCUT2D eigenvalue weighted by atomic mass is 9.85. The van der Waals surface area contributed by atoms with Gasteiger partial charge in [0.25, 0.3) is 0 Å². The van der Waals surface area contributed by atoms with Crippen LogP contribution in [0.15, 0.2) is 0 Å². The highest BCUT2D eigenvalue weighted by Gasteiger charge is 2.38. The zero-order chi connectivity index (χ0) is 9.30. The smallest absolute Gasteiger partial charge is 0.159 e. The highest BCUT2D eigenvalue weighted by atomic mass is 16.6. The van der Waals surface area contributed by atoms with Gasteiger partial charge in [-0.3, -0.25) is 0 Å². The van der Waals surface area contributed by atoms with Crippen molar-refractivity contribution in [1.29, 1.82) is 0 Å². The Hall–Kier alpha value is -0.120. The van der Waals surface area contributed by atoms with Crippen LogP contribution in [0, 0.1) is 11.8 Å². The second-order valence-electron chi connectivity index (χ2n) is 3.68. The summed E-state index contributed by atoms with van der Waals surface area (Å²) in [7, 11) is 0. The summed E-state index contributed by atoms with van der Waals surface area (Å²) in [5.41, 5.74) is 0. The van der Waals surface area contributed by atoms with Crippen molar-refractivity contribution in [2.24, 2.45) is 11.8 Å². The molecule has 1 aliphatic heterocycles. The lowest BCUT2D eigenvalue weighted by Gasteiger charge is -2.40. The molecule has 72 valence electrons. The van der Waals surface area contributed by atoms with E-state index in [-0.39, 0.29) is 17.9 Å². The van der Waals surface area contributed by atoms with Gasteiger partial charge in [-0.25, -0.2) is 0 Å². The van der Waals surface area contributed by atoms with E-state index in [1.807, 2.05) is 13.8 Å². The molecule has 0 aromatic heterocycles. The molecule has 5 atom stereocenters. The van der Waals surface area contributed by atoms with E-state index in [4.69, 9.17) is 4.74 Å². The van der Waals surface area contributed by atoms with E-state index in [9.17, 15) is 10.2 Å². The Morgan fingerprint density at radius 2 is 1.75 bits per heavy atom. The van der Waals surface area contributed by atoms with Crippen molar-refractivity contribution in [3.05, 3.63) is 0 Å². The molecule has 0 spiro atoms. The van der Waals surface area contributed by atoms with Gasteiger partial charge in [0.1, 0.15) is 0 Å². The Kier molecular flexibility index (Phi) is 3.09. The van der Waals surface area contributed by atoms with Gasteiger partial charge in [0.2, 0.25) is 0 Å². The van der Waals surface area contributed by atoms with E-state index < -0.39 is 12.4 Å². The highest BCUT2D eigenvalue weighted by molar-refractivity contribution is 4.83. The van der Waals surface area contributed by atoms with Gasteiger partial charge in [-0.1, -0.05) is 20.8 Å². The van der Waals surface area contributed by atoms with Crippen molar-refractivity contribution in [3.8, 4) is 0 Å². The number of ether oxygens (including phenoxy) is 1. The molecule has 0 saturated carbocycles. The predicted molar refractivity (Wildman–Crippen MR) is 45.5 cm³/mol. The summed E-state index contributed by atoms with van der Waals surface area (Å²) in [5, 5.41) is 19.1. The van der Waals surface area contributed by atoms with Gasteiger partial charge in [-0.05, 0) is 6.42 Å². The summed E-state index contributed by atoms with van der Waals surface area (Å²) in [6.07, 6.45) is -0.423. The minimum Gasteiger partial charge on any atom is -0.392 e. The van der Waals surface area contributed by atoms with Crippen LogP contribution in [0.5, 0.6) is 0 Å². The van der Waals surface area contributed by atoms with Crippen LogP contribution in [-0.2, 0) is 4.74 Å². The summed E-state index contributed by atoms with van der Waals surface area (Å²) in [6, 6.07) is 0. The standard InChI is InChI=1S/C9H18O3/c1-4-7-5(2)8(10)6(3)9(11)12-7/h5-11H,4H2,1-3H3/t5-,6?,7?,8?,9?/m0/s1. The fourth-order valence-corrected chi connectivity index (χ4v) is 1.76. The number of hydrogen-bond donors (Lipinski definition) is 2. The Labute approximate surface area is 73.4 Å². The van der Waals surface area contributed by atoms with Crippen LogP contribution >= 0.6 is 0 Å². The van der Waals surface area contributed by atoms with Gasteiger partial charge in [0.05, 0.1) is 12.2 Å². The van der Waals surface area contributed by atoms with E-state index in [1.165, 1.54) is 0 Å². The third-order valence-electron chi connectivity index (χ3n) is 2.83. The first-order chi connectivity index (χ1) is 5.57. The first-order valence-electron chi connectivity index (χ1n) is 4.59. The fourth-order valence-electron chi connectivity index (χ4n) is 1.76. The SMILES string of the molecule is CCC1OC(O)C(C)C(O)[C@H]1C. The molecular formula is C9H18O3. The Balaban J connectivity index is 2.63. The molecular weight excluding hydrogens is 156 g/mol. The van der Waals surface area contributed by atoms with Gasteiger partial charge >= 0.3 is 0 Å². The van der Waals surface area contributed by atoms with Crippen LogP contribution < -0.4 is 0 Å². The van der Waals surface area contributed by atoms with Gasteiger partial charge in [0, 0.05) is 11.8 Å². The minimum atomic E-state index is -0.804. The number of hydrogen-bond acceptors (Lipinski definition) is 3. The van der Waals surface area contributed by atoms with Crippen molar-refractivity contribution in [3.63, 3.8) is 0 Å². The predicted octanol–water partition coefficient (Wildman–Crippen LogP) is 0.747. The van der Waals surface area contributed by atoms with E-state index in [2.05, 4.69) is 0 Å². The van der Waals surface area contributed by atoms with Crippen LogP contribution in [-0.4, -0.2) is 28.7 Å². The summed E-state index contributed by atoms with van der Waals surface area (Å²) >= 11 is 0. The van der Waals surface area contributed by atoms with E-state index in [0.29, 0.717) is 0 Å². The maximum Gasteiger partial charge on any atom is 0.159 e. The molecule has 0 aliphatic carbocycles. The van der Waals surface area contributed by atoms with E-state index >= 15 is 0 Å². The number of rotatable bonds is 1. The maximum atomic E-state index is 9.68. The molecule has 3 heteroatoms. The van der Waals surface area contributed by atoms with Gasteiger partial charge in [0.15, 0.2) is 6.29 Å². The van der Waals surface area contributed by atoms with Crippen molar-refractivity contribution in [2.75, 3.05) is 0 Å². The second-order valence-corrected chi connectivity index (χ2v) is 3.68. The Morgan fingerprint density at radius 3 is 2.25 bits per heavy atom. The van der Waals surface area contributed by atoms with Crippen molar-refractivity contribution < 1.29 is 14.9 Å². The molecule has 0 bridgehead atoms. The first-order valence-corrected chi connectivity index (χ1v) is 4.59. The summed E-state index contributed by atoms with van der Waals surface area (Å²) < 4.78 is 5.33. The molecule has 0 amide bonds. The molecule has 0 aromatic rings. The molecule has 3 nitrogen and oxygen atoms in total. The lowest BCUT2D eigenvalue weighted by molar-refractivity contribution is -0.241. The topological polar surface area (TPSA) is 49.7 Å². The Bertz CT molecular complexity index is 144. The third-order valence-corrected chi connectivity index (χ3v) is 2.83. The zero-order valence-corrected chi connectivity index (χ0v) is 7.90. The molecule has 1 heterocycles. The van der Waals surface area contributed by atoms with Crippen molar-refractivity contribution in [1.82, 2.24) is 0 Å². The van der Waals surface area contributed by atoms with Crippen LogP contribution in [0.25, 0.3) is 0 Å². The average molecular weight is 174 g/mol. The molecule has 1 fully saturated rings. The molecule has 1 saturated heterocycles. The zero-order valence-electron chi connectivity index (χ0n) is 7.90. The largest absolute Gasteiger partial charge is 0.392 e. The molecule has 2 N–H and O–H groups in total. The third kappa shape index (κ3) is 1.63. The lowest BCUT2D eigenvalue weighted by Crippen LogP contribution is -2.48. The van der Waals surface area contributed by atoms with Crippen LogP contribution in [0.4, 0.5) is 0 Å². The molecule has 1 aliphatic rings. The van der Waals surface area contributed by atoms with Gasteiger partial charge < -0.3 is 14.9 Å². The summed E-state index contributed by atoms with van der Waals surface area (Å²) in [4.78, 5) is 0. The highest BCUT2D eigenvalue weighted by Crippen LogP contribution is 2.30. The summed E-state index contributed by atoms with van der Waals surface area (Å²) in [5.74, 6) is -0.0591. The van der Waals surface area contributed by atoms with E-state index in [1.54, 1.807) is 6.92 Å². The first kappa shape index (κ1) is 9.96. The summed E-state index contributed by atoms with van der Waals surface area (Å²) in [6.45, 7) is 5.76. The van der Waals surface area contributed by atoms with Crippen molar-refractivity contribution >= 4 is 0 Å². The molecule has 12 heavy (non-hydrogen) atoms. The number of aliphatic hydroxyl groups is 2. The number of aliphatic hydroxyl groups excluding tert-OH is 2. The Morgan fingerprint density at radius 1 is 1.17 bits per heavy atom. The minimum absolute atomic E-state index is 0.00815. The average Bonchev–Trinajstić information content (AvgIpc) is 2.08. The quantitative estimate of drug-likeness (QED) is 0.616. The van der Waals surface area contributed by atoms with Crippen LogP contribution in [0.1, 0.15) is 27.2 Å².